The molecule has 1 aromatic carbocycles. The molecule has 2 heterocycles. The van der Waals surface area contributed by atoms with Crippen LogP contribution in [0.4, 0.5) is 29.1 Å². The van der Waals surface area contributed by atoms with E-state index in [0.717, 1.165) is 6.07 Å². The van der Waals surface area contributed by atoms with Gasteiger partial charge in [-0.2, -0.15) is 18.4 Å². The highest BCUT2D eigenvalue weighted by molar-refractivity contribution is 5.99. The quantitative estimate of drug-likeness (QED) is 0.542. The summed E-state index contributed by atoms with van der Waals surface area (Å²) in [5, 5.41) is 9.46. The first-order valence-corrected chi connectivity index (χ1v) is 9.43. The van der Waals surface area contributed by atoms with Gasteiger partial charge in [0.25, 0.3) is 5.91 Å². The molecule has 160 valence electrons. The predicted molar refractivity (Wildman–Crippen MR) is 107 cm³/mol. The van der Waals surface area contributed by atoms with Crippen molar-refractivity contribution in [3.63, 3.8) is 0 Å². The van der Waals surface area contributed by atoms with Crippen LogP contribution in [0.15, 0.2) is 30.3 Å². The van der Waals surface area contributed by atoms with Crippen molar-refractivity contribution in [1.29, 1.82) is 5.26 Å². The zero-order chi connectivity index (χ0) is 22.8. The average Bonchev–Trinajstić information content (AvgIpc) is 3.21. The van der Waals surface area contributed by atoms with Gasteiger partial charge >= 0.3 is 6.18 Å². The van der Waals surface area contributed by atoms with Crippen molar-refractivity contribution in [2.45, 2.75) is 32.0 Å². The van der Waals surface area contributed by atoms with Crippen LogP contribution in [-0.4, -0.2) is 30.0 Å². The molecule has 1 saturated heterocycles. The summed E-state index contributed by atoms with van der Waals surface area (Å²) < 4.78 is 53.8. The van der Waals surface area contributed by atoms with E-state index in [1.165, 1.54) is 41.0 Å². The van der Waals surface area contributed by atoms with Crippen LogP contribution in [0, 0.1) is 36.4 Å². The Morgan fingerprint density at radius 3 is 2.61 bits per heavy atom. The maximum atomic E-state index is 13.5. The van der Waals surface area contributed by atoms with E-state index in [1.807, 2.05) is 0 Å². The molecule has 1 atom stereocenters. The maximum absolute atomic E-state index is 13.5. The predicted octanol–water partition coefficient (Wildman–Crippen LogP) is 4.05. The molecule has 0 unspecified atom stereocenters. The van der Waals surface area contributed by atoms with E-state index in [0.29, 0.717) is 18.5 Å². The number of nitriles is 1. The maximum Gasteiger partial charge on any atom is 0.417 e. The molecular formula is C22H18F4N4O. The van der Waals surface area contributed by atoms with E-state index >= 15 is 0 Å². The lowest BCUT2D eigenvalue weighted by molar-refractivity contribution is -0.137. The van der Waals surface area contributed by atoms with E-state index in [9.17, 15) is 27.6 Å². The SMILES string of the molecule is C#CCN(C(=O)[C@@H]1CCCN1c1nc(C)cc(C(F)(F)F)c1C#N)c1ccc(F)cc1. The molecule has 0 N–H and O–H groups in total. The third-order valence-electron chi connectivity index (χ3n) is 5.01. The second-order valence-corrected chi connectivity index (χ2v) is 7.08. The minimum absolute atomic E-state index is 0.0819. The number of benzene rings is 1. The summed E-state index contributed by atoms with van der Waals surface area (Å²) in [6.07, 6.45) is 1.53. The van der Waals surface area contributed by atoms with Crippen molar-refractivity contribution in [3.8, 4) is 18.4 Å². The lowest BCUT2D eigenvalue weighted by Crippen LogP contribution is -2.47. The van der Waals surface area contributed by atoms with Crippen molar-refractivity contribution in [1.82, 2.24) is 4.98 Å². The fourth-order valence-corrected chi connectivity index (χ4v) is 3.66. The molecule has 1 amide bonds. The van der Waals surface area contributed by atoms with Crippen LogP contribution in [0.1, 0.15) is 29.7 Å². The first kappa shape index (κ1) is 22.1. The van der Waals surface area contributed by atoms with Gasteiger partial charge in [-0.25, -0.2) is 9.37 Å². The van der Waals surface area contributed by atoms with Gasteiger partial charge in [0, 0.05) is 17.9 Å². The Balaban J connectivity index is 2.04. The van der Waals surface area contributed by atoms with Crippen molar-refractivity contribution in [2.24, 2.45) is 0 Å². The van der Waals surface area contributed by atoms with Crippen LogP contribution in [0.5, 0.6) is 0 Å². The fourth-order valence-electron chi connectivity index (χ4n) is 3.66. The van der Waals surface area contributed by atoms with Gasteiger partial charge < -0.3 is 4.90 Å². The normalized spacial score (nSPS) is 16.0. The summed E-state index contributed by atoms with van der Waals surface area (Å²) in [7, 11) is 0. The van der Waals surface area contributed by atoms with Crippen molar-refractivity contribution < 1.29 is 22.4 Å². The molecule has 0 bridgehead atoms. The molecule has 0 aliphatic carbocycles. The molecule has 1 aliphatic heterocycles. The van der Waals surface area contributed by atoms with Crippen LogP contribution < -0.4 is 9.80 Å². The minimum Gasteiger partial charge on any atom is -0.343 e. The van der Waals surface area contributed by atoms with Crippen LogP contribution in [0.2, 0.25) is 0 Å². The third-order valence-corrected chi connectivity index (χ3v) is 5.01. The summed E-state index contributed by atoms with van der Waals surface area (Å²) in [6, 6.07) is 6.73. The Hall–Kier alpha value is -3.59. The lowest BCUT2D eigenvalue weighted by atomic mass is 10.1. The molecule has 5 nitrogen and oxygen atoms in total. The van der Waals surface area contributed by atoms with E-state index < -0.39 is 35.1 Å². The average molecular weight is 430 g/mol. The zero-order valence-corrected chi connectivity index (χ0v) is 16.6. The standard InChI is InChI=1S/C22H18F4N4O/c1-3-10-29(16-8-6-15(23)7-9-16)21(31)19-5-4-11-30(19)20-17(13-27)18(22(24,25)26)12-14(2)28-20/h1,6-9,12,19H,4-5,10-11H2,2H3/t19-/m0/s1. The summed E-state index contributed by atoms with van der Waals surface area (Å²) in [6.45, 7) is 1.55. The van der Waals surface area contributed by atoms with Crippen molar-refractivity contribution in [2.75, 3.05) is 22.9 Å². The van der Waals surface area contributed by atoms with Gasteiger partial charge in [0.1, 0.15) is 29.3 Å². The fraction of sp³-hybridized carbons (Fsp3) is 0.318. The van der Waals surface area contributed by atoms with Crippen molar-refractivity contribution in [3.05, 3.63) is 53.0 Å². The van der Waals surface area contributed by atoms with Gasteiger partial charge in [-0.15, -0.1) is 6.42 Å². The van der Waals surface area contributed by atoms with Gasteiger partial charge in [-0.3, -0.25) is 9.69 Å². The van der Waals surface area contributed by atoms with Gasteiger partial charge in [0.2, 0.25) is 0 Å². The molecule has 9 heteroatoms. The highest BCUT2D eigenvalue weighted by atomic mass is 19.4. The molecule has 0 radical (unpaired) electrons. The smallest absolute Gasteiger partial charge is 0.343 e. The first-order chi connectivity index (χ1) is 14.7. The van der Waals surface area contributed by atoms with Crippen LogP contribution in [0.3, 0.4) is 0 Å². The summed E-state index contributed by atoms with van der Waals surface area (Å²) >= 11 is 0. The van der Waals surface area contributed by atoms with Gasteiger partial charge in [0.05, 0.1) is 12.1 Å². The molecule has 2 aromatic rings. The Bertz CT molecular complexity index is 1070. The number of halogens is 4. The molecule has 0 saturated carbocycles. The second-order valence-electron chi connectivity index (χ2n) is 7.08. The van der Waals surface area contributed by atoms with Crippen molar-refractivity contribution >= 4 is 17.4 Å². The number of rotatable bonds is 4. The molecule has 1 aromatic heterocycles. The highest BCUT2D eigenvalue weighted by Crippen LogP contribution is 2.38. The van der Waals surface area contributed by atoms with Crippen LogP contribution >= 0.6 is 0 Å². The summed E-state index contributed by atoms with van der Waals surface area (Å²) in [4.78, 5) is 20.2. The number of hydrogen-bond acceptors (Lipinski definition) is 4. The molecule has 1 fully saturated rings. The highest BCUT2D eigenvalue weighted by Gasteiger charge is 2.40. The lowest BCUT2D eigenvalue weighted by Gasteiger charge is -2.31. The number of terminal acetylenes is 1. The number of amides is 1. The minimum atomic E-state index is -4.74. The van der Waals surface area contributed by atoms with Gasteiger partial charge in [-0.1, -0.05) is 5.92 Å². The molecule has 0 spiro atoms. The Morgan fingerprint density at radius 2 is 2.03 bits per heavy atom. The second kappa shape index (κ2) is 8.65. The third kappa shape index (κ3) is 4.46. The summed E-state index contributed by atoms with van der Waals surface area (Å²) in [5.41, 5.74) is -1.26. The first-order valence-electron chi connectivity index (χ1n) is 9.43. The zero-order valence-electron chi connectivity index (χ0n) is 16.6. The number of alkyl halides is 3. The number of aromatic nitrogens is 1. The Morgan fingerprint density at radius 1 is 1.35 bits per heavy atom. The van der Waals surface area contributed by atoms with E-state index in [2.05, 4.69) is 10.9 Å². The number of carbonyl (C=O) groups is 1. The molecule has 3 rings (SSSR count). The molecule has 1 aliphatic rings. The Kier molecular flexibility index (Phi) is 6.16. The van der Waals surface area contributed by atoms with Crippen LogP contribution in [0.25, 0.3) is 0 Å². The Labute approximate surface area is 176 Å². The van der Waals surface area contributed by atoms with E-state index in [-0.39, 0.29) is 24.6 Å². The molecule has 31 heavy (non-hydrogen) atoms. The van der Waals surface area contributed by atoms with E-state index in [1.54, 1.807) is 6.07 Å². The monoisotopic (exact) mass is 430 g/mol. The molecular weight excluding hydrogens is 412 g/mol. The number of hydrogen-bond donors (Lipinski definition) is 0. The van der Waals surface area contributed by atoms with Crippen LogP contribution in [-0.2, 0) is 11.0 Å². The summed E-state index contributed by atoms with van der Waals surface area (Å²) in [5.74, 6) is 1.26. The number of nitrogens with zero attached hydrogens (tertiary/aromatic N) is 4. The van der Waals surface area contributed by atoms with Gasteiger partial charge in [-0.05, 0) is 50.1 Å². The van der Waals surface area contributed by atoms with E-state index in [4.69, 9.17) is 6.42 Å². The largest absolute Gasteiger partial charge is 0.417 e. The number of anilines is 2. The number of pyridine rings is 1. The number of aryl methyl sites for hydroxylation is 1. The van der Waals surface area contributed by atoms with Gasteiger partial charge in [0.15, 0.2) is 0 Å². The topological polar surface area (TPSA) is 60.2 Å². The number of carbonyl (C=O) groups excluding carboxylic acids is 1.